The molecule has 2 nitrogen and oxygen atoms in total. The lowest BCUT2D eigenvalue weighted by molar-refractivity contribution is 0.224. The van der Waals surface area contributed by atoms with Crippen molar-refractivity contribution >= 4 is 15.9 Å². The van der Waals surface area contributed by atoms with Gasteiger partial charge in [0.1, 0.15) is 0 Å². The average molecular weight is 311 g/mol. The van der Waals surface area contributed by atoms with Crippen molar-refractivity contribution in [2.45, 2.75) is 45.6 Å². The number of hydrogen-bond donors (Lipinski definition) is 2. The molecular formula is C15H23BrN2. The van der Waals surface area contributed by atoms with Gasteiger partial charge in [0.05, 0.1) is 0 Å². The molecule has 0 radical (unpaired) electrons. The zero-order valence-electron chi connectivity index (χ0n) is 11.2. The summed E-state index contributed by atoms with van der Waals surface area (Å²) < 4.78 is 1.16. The molecule has 3 heteroatoms. The number of nitrogens with one attached hydrogen (secondary N) is 1. The molecule has 0 aliphatic heterocycles. The Balaban J connectivity index is 2.24. The Bertz CT molecular complexity index is 405. The van der Waals surface area contributed by atoms with E-state index in [-0.39, 0.29) is 6.04 Å². The average Bonchev–Trinajstić information content (AvgIpc) is 2.35. The van der Waals surface area contributed by atoms with Crippen molar-refractivity contribution in [1.82, 2.24) is 5.43 Å². The summed E-state index contributed by atoms with van der Waals surface area (Å²) in [5.74, 6) is 7.30. The normalized spacial score (nSPS) is 26.0. The van der Waals surface area contributed by atoms with E-state index in [1.165, 1.54) is 36.8 Å². The van der Waals surface area contributed by atoms with E-state index in [2.05, 4.69) is 53.4 Å². The first kappa shape index (κ1) is 14.0. The minimum Gasteiger partial charge on any atom is -0.271 e. The van der Waals surface area contributed by atoms with E-state index in [0.717, 1.165) is 10.4 Å². The predicted molar refractivity (Wildman–Crippen MR) is 80.1 cm³/mol. The van der Waals surface area contributed by atoms with Crippen LogP contribution in [0.1, 0.15) is 49.8 Å². The van der Waals surface area contributed by atoms with Crippen LogP contribution in [0.2, 0.25) is 0 Å². The van der Waals surface area contributed by atoms with Gasteiger partial charge < -0.3 is 0 Å². The Morgan fingerprint density at radius 1 is 1.39 bits per heavy atom. The first-order valence-corrected chi connectivity index (χ1v) is 7.63. The van der Waals surface area contributed by atoms with Crippen LogP contribution in [-0.2, 0) is 0 Å². The van der Waals surface area contributed by atoms with Gasteiger partial charge in [0, 0.05) is 10.5 Å². The minimum absolute atomic E-state index is 0.266. The molecule has 1 fully saturated rings. The standard InChI is InChI=1S/C15H23BrN2/c1-10-4-3-5-12(8-10)15(18-17)13-9-11(2)6-7-14(13)16/h6-7,9-10,12,15,18H,3-5,8,17H2,1-2H3. The van der Waals surface area contributed by atoms with Gasteiger partial charge in [-0.1, -0.05) is 53.4 Å². The fourth-order valence-corrected chi connectivity index (χ4v) is 3.66. The van der Waals surface area contributed by atoms with E-state index >= 15 is 0 Å². The summed E-state index contributed by atoms with van der Waals surface area (Å²) in [6.07, 6.45) is 5.24. The molecule has 1 aromatic carbocycles. The monoisotopic (exact) mass is 310 g/mol. The first-order valence-electron chi connectivity index (χ1n) is 6.84. The third-order valence-corrected chi connectivity index (χ3v) is 4.84. The lowest BCUT2D eigenvalue weighted by atomic mass is 9.77. The van der Waals surface area contributed by atoms with Gasteiger partial charge in [0.15, 0.2) is 0 Å². The summed E-state index contributed by atoms with van der Waals surface area (Å²) in [4.78, 5) is 0. The van der Waals surface area contributed by atoms with Crippen LogP contribution in [0.4, 0.5) is 0 Å². The predicted octanol–water partition coefficient (Wildman–Crippen LogP) is 4.09. The molecule has 3 unspecified atom stereocenters. The van der Waals surface area contributed by atoms with Crippen molar-refractivity contribution < 1.29 is 0 Å². The SMILES string of the molecule is Cc1ccc(Br)c(C(NN)C2CCCC(C)C2)c1. The number of hydrazine groups is 1. The first-order chi connectivity index (χ1) is 8.61. The molecule has 1 aromatic rings. The zero-order valence-corrected chi connectivity index (χ0v) is 12.8. The molecule has 0 aromatic heterocycles. The van der Waals surface area contributed by atoms with Crippen molar-refractivity contribution in [1.29, 1.82) is 0 Å². The van der Waals surface area contributed by atoms with Crippen LogP contribution in [0.15, 0.2) is 22.7 Å². The van der Waals surface area contributed by atoms with Crippen LogP contribution < -0.4 is 11.3 Å². The molecule has 0 heterocycles. The maximum atomic E-state index is 5.83. The van der Waals surface area contributed by atoms with Crippen molar-refractivity contribution in [3.8, 4) is 0 Å². The summed E-state index contributed by atoms with van der Waals surface area (Å²) in [5.41, 5.74) is 5.64. The van der Waals surface area contributed by atoms with Gasteiger partial charge in [-0.15, -0.1) is 0 Å². The van der Waals surface area contributed by atoms with Crippen LogP contribution >= 0.6 is 15.9 Å². The van der Waals surface area contributed by atoms with Crippen molar-refractivity contribution in [3.63, 3.8) is 0 Å². The van der Waals surface area contributed by atoms with Gasteiger partial charge in [-0.3, -0.25) is 11.3 Å². The number of halogens is 1. The highest BCUT2D eigenvalue weighted by Crippen LogP contribution is 2.39. The van der Waals surface area contributed by atoms with Gasteiger partial charge in [-0.2, -0.15) is 0 Å². The summed E-state index contributed by atoms with van der Waals surface area (Å²) >= 11 is 3.66. The lowest BCUT2D eigenvalue weighted by Crippen LogP contribution is -2.35. The lowest BCUT2D eigenvalue weighted by Gasteiger charge is -2.33. The van der Waals surface area contributed by atoms with E-state index in [9.17, 15) is 0 Å². The highest BCUT2D eigenvalue weighted by atomic mass is 79.9. The number of aryl methyl sites for hydroxylation is 1. The summed E-state index contributed by atoms with van der Waals surface area (Å²) in [5, 5.41) is 0. The smallest absolute Gasteiger partial charge is 0.0499 e. The third-order valence-electron chi connectivity index (χ3n) is 4.11. The molecular weight excluding hydrogens is 288 g/mol. The molecule has 2 rings (SSSR count). The highest BCUT2D eigenvalue weighted by molar-refractivity contribution is 9.10. The van der Waals surface area contributed by atoms with Crippen LogP contribution in [0.5, 0.6) is 0 Å². The second-order valence-corrected chi connectivity index (χ2v) is 6.56. The maximum absolute atomic E-state index is 5.83. The summed E-state index contributed by atoms with van der Waals surface area (Å²) in [7, 11) is 0. The quantitative estimate of drug-likeness (QED) is 0.652. The number of nitrogens with two attached hydrogens (primary N) is 1. The molecule has 100 valence electrons. The molecule has 0 bridgehead atoms. The molecule has 18 heavy (non-hydrogen) atoms. The Kier molecular flexibility index (Phi) is 4.82. The van der Waals surface area contributed by atoms with Gasteiger partial charge in [-0.25, -0.2) is 0 Å². The van der Waals surface area contributed by atoms with Crippen molar-refractivity contribution in [2.24, 2.45) is 17.7 Å². The van der Waals surface area contributed by atoms with Crippen LogP contribution in [0.25, 0.3) is 0 Å². The van der Waals surface area contributed by atoms with Gasteiger partial charge in [-0.05, 0) is 43.2 Å². The number of benzene rings is 1. The molecule has 1 aliphatic rings. The van der Waals surface area contributed by atoms with E-state index in [4.69, 9.17) is 5.84 Å². The maximum Gasteiger partial charge on any atom is 0.0499 e. The Morgan fingerprint density at radius 3 is 2.83 bits per heavy atom. The van der Waals surface area contributed by atoms with E-state index in [1.807, 2.05) is 0 Å². The van der Waals surface area contributed by atoms with Gasteiger partial charge in [0.25, 0.3) is 0 Å². The van der Waals surface area contributed by atoms with E-state index < -0.39 is 0 Å². The Morgan fingerprint density at radius 2 is 2.17 bits per heavy atom. The van der Waals surface area contributed by atoms with Crippen LogP contribution in [0, 0.1) is 18.8 Å². The second-order valence-electron chi connectivity index (χ2n) is 5.70. The van der Waals surface area contributed by atoms with Crippen LogP contribution in [-0.4, -0.2) is 0 Å². The molecule has 1 saturated carbocycles. The molecule has 0 saturated heterocycles. The number of rotatable bonds is 3. The van der Waals surface area contributed by atoms with E-state index in [0.29, 0.717) is 5.92 Å². The van der Waals surface area contributed by atoms with Gasteiger partial charge >= 0.3 is 0 Å². The molecule has 0 spiro atoms. The topological polar surface area (TPSA) is 38.0 Å². The largest absolute Gasteiger partial charge is 0.271 e. The molecule has 0 amide bonds. The second kappa shape index (κ2) is 6.18. The minimum atomic E-state index is 0.266. The number of hydrogen-bond acceptors (Lipinski definition) is 2. The Labute approximate surface area is 118 Å². The van der Waals surface area contributed by atoms with Gasteiger partial charge in [0.2, 0.25) is 0 Å². The fraction of sp³-hybridized carbons (Fsp3) is 0.600. The summed E-state index contributed by atoms with van der Waals surface area (Å²) in [6, 6.07) is 6.77. The van der Waals surface area contributed by atoms with Crippen molar-refractivity contribution in [2.75, 3.05) is 0 Å². The third kappa shape index (κ3) is 3.14. The Hall–Kier alpha value is -0.380. The molecule has 3 atom stereocenters. The van der Waals surface area contributed by atoms with Crippen LogP contribution in [0.3, 0.4) is 0 Å². The van der Waals surface area contributed by atoms with E-state index in [1.54, 1.807) is 0 Å². The molecule has 3 N–H and O–H groups in total. The zero-order chi connectivity index (χ0) is 13.1. The van der Waals surface area contributed by atoms with Crippen molar-refractivity contribution in [3.05, 3.63) is 33.8 Å². The fourth-order valence-electron chi connectivity index (χ4n) is 3.17. The highest BCUT2D eigenvalue weighted by Gasteiger charge is 2.28. The molecule has 1 aliphatic carbocycles. The summed E-state index contributed by atoms with van der Waals surface area (Å²) in [6.45, 7) is 4.48.